The molecule has 2 aromatic heterocycles. The number of anilines is 1. The molecule has 0 amide bonds. The van der Waals surface area contributed by atoms with Gasteiger partial charge in [-0.15, -0.1) is 0 Å². The third-order valence-electron chi connectivity index (χ3n) is 4.95. The van der Waals surface area contributed by atoms with Gasteiger partial charge in [-0.2, -0.15) is 5.10 Å². The fourth-order valence-corrected chi connectivity index (χ4v) is 3.75. The maximum absolute atomic E-state index is 15.3. The van der Waals surface area contributed by atoms with Crippen molar-refractivity contribution in [2.75, 3.05) is 18.6 Å². The topological polar surface area (TPSA) is 67.1 Å². The van der Waals surface area contributed by atoms with Crippen molar-refractivity contribution in [3.05, 3.63) is 59.4 Å². The third kappa shape index (κ3) is 2.77. The van der Waals surface area contributed by atoms with Gasteiger partial charge in [-0.1, -0.05) is 0 Å². The Labute approximate surface area is 153 Å². The van der Waals surface area contributed by atoms with E-state index in [1.807, 2.05) is 4.90 Å². The Kier molecular flexibility index (Phi) is 4.18. The number of hydrogen-bond donors (Lipinski definition) is 1. The number of aromatic carboxylic acids is 1. The van der Waals surface area contributed by atoms with E-state index in [9.17, 15) is 14.3 Å². The summed E-state index contributed by atoms with van der Waals surface area (Å²) >= 11 is 0. The van der Waals surface area contributed by atoms with Crippen molar-refractivity contribution < 1.29 is 23.4 Å². The van der Waals surface area contributed by atoms with E-state index in [1.165, 1.54) is 30.0 Å². The molecule has 1 fully saturated rings. The molecule has 0 spiro atoms. The molecule has 8 heteroatoms. The number of pyridine rings is 1. The molecule has 1 aliphatic heterocycles. The van der Waals surface area contributed by atoms with Crippen molar-refractivity contribution in [2.45, 2.75) is 18.9 Å². The normalized spacial score (nSPS) is 16.9. The number of carbonyl (C=O) groups is 1. The zero-order chi connectivity index (χ0) is 19.1. The maximum Gasteiger partial charge on any atom is 0.339 e. The average molecular weight is 373 g/mol. The van der Waals surface area contributed by atoms with Gasteiger partial charge in [-0.25, -0.2) is 18.1 Å². The first-order valence-electron chi connectivity index (χ1n) is 8.50. The lowest BCUT2D eigenvalue weighted by molar-refractivity contribution is 0.0698. The van der Waals surface area contributed by atoms with E-state index in [-0.39, 0.29) is 22.8 Å². The molecule has 0 bridgehead atoms. The van der Waals surface area contributed by atoms with Crippen LogP contribution in [0.2, 0.25) is 0 Å². The predicted octanol–water partition coefficient (Wildman–Crippen LogP) is 3.66. The number of methoxy groups -OCH3 is 1. The number of ether oxygens (including phenoxy) is 1. The minimum atomic E-state index is -1.24. The van der Waals surface area contributed by atoms with Crippen LogP contribution in [0.4, 0.5) is 14.5 Å². The highest BCUT2D eigenvalue weighted by atomic mass is 19.1. The van der Waals surface area contributed by atoms with Crippen LogP contribution in [-0.2, 0) is 0 Å². The van der Waals surface area contributed by atoms with Gasteiger partial charge in [-0.3, -0.25) is 0 Å². The molecule has 1 saturated heterocycles. The minimum Gasteiger partial charge on any atom is -0.496 e. The lowest BCUT2D eigenvalue weighted by Gasteiger charge is -2.28. The van der Waals surface area contributed by atoms with Gasteiger partial charge in [0.1, 0.15) is 22.6 Å². The first kappa shape index (κ1) is 17.3. The van der Waals surface area contributed by atoms with Crippen molar-refractivity contribution in [1.82, 2.24) is 9.61 Å². The smallest absolute Gasteiger partial charge is 0.339 e. The second-order valence-electron chi connectivity index (χ2n) is 6.41. The average Bonchev–Trinajstić information content (AvgIpc) is 3.29. The molecule has 4 rings (SSSR count). The van der Waals surface area contributed by atoms with E-state index in [0.717, 1.165) is 12.6 Å². The largest absolute Gasteiger partial charge is 0.496 e. The van der Waals surface area contributed by atoms with E-state index in [0.29, 0.717) is 24.3 Å². The molecule has 1 atom stereocenters. The fourth-order valence-electron chi connectivity index (χ4n) is 3.75. The zero-order valence-corrected chi connectivity index (χ0v) is 14.5. The van der Waals surface area contributed by atoms with E-state index in [2.05, 4.69) is 5.10 Å². The van der Waals surface area contributed by atoms with Gasteiger partial charge in [0.15, 0.2) is 5.82 Å². The van der Waals surface area contributed by atoms with Crippen LogP contribution in [0.1, 0.15) is 34.8 Å². The molecule has 3 aromatic rings. The van der Waals surface area contributed by atoms with Crippen molar-refractivity contribution in [2.24, 2.45) is 0 Å². The van der Waals surface area contributed by atoms with Crippen LogP contribution in [0, 0.1) is 11.6 Å². The van der Waals surface area contributed by atoms with Crippen molar-refractivity contribution >= 4 is 17.2 Å². The van der Waals surface area contributed by atoms with Crippen LogP contribution in [-0.4, -0.2) is 34.3 Å². The van der Waals surface area contributed by atoms with E-state index in [1.54, 1.807) is 12.1 Å². The summed E-state index contributed by atoms with van der Waals surface area (Å²) in [7, 11) is 1.51. The van der Waals surface area contributed by atoms with E-state index < -0.39 is 17.6 Å². The molecule has 1 aromatic carbocycles. The Morgan fingerprint density at radius 1 is 1.33 bits per heavy atom. The number of fused-ring (bicyclic) bond motifs is 1. The Morgan fingerprint density at radius 2 is 2.15 bits per heavy atom. The van der Waals surface area contributed by atoms with Gasteiger partial charge in [0, 0.05) is 18.3 Å². The number of rotatable bonds is 4. The molecule has 3 heterocycles. The van der Waals surface area contributed by atoms with Gasteiger partial charge < -0.3 is 14.7 Å². The Balaban J connectivity index is 1.83. The van der Waals surface area contributed by atoms with Crippen LogP contribution in [0.3, 0.4) is 0 Å². The fraction of sp³-hybridized carbons (Fsp3) is 0.263. The Hall–Kier alpha value is -3.16. The molecule has 140 valence electrons. The standard InChI is InChI=1S/C19H17F2N3O3/c1-27-16-5-4-11(20)9-12(16)14-3-2-7-23(14)15-6-8-24-18(17(15)21)13(10-22-24)19(25)26/h4-6,8-10,14H,2-3,7H2,1H3,(H,25,26)/t14-/m1/s1. The van der Waals surface area contributed by atoms with Gasteiger partial charge >= 0.3 is 5.97 Å². The molecular formula is C19H17F2N3O3. The molecule has 0 saturated carbocycles. The summed E-state index contributed by atoms with van der Waals surface area (Å²) in [5.74, 6) is -1.76. The van der Waals surface area contributed by atoms with Gasteiger partial charge in [0.2, 0.25) is 0 Å². The van der Waals surface area contributed by atoms with Gasteiger partial charge in [0.25, 0.3) is 0 Å². The van der Waals surface area contributed by atoms with Crippen LogP contribution in [0.5, 0.6) is 5.75 Å². The van der Waals surface area contributed by atoms with Crippen molar-refractivity contribution in [3.8, 4) is 5.75 Å². The summed E-state index contributed by atoms with van der Waals surface area (Å²) in [4.78, 5) is 13.2. The minimum absolute atomic E-state index is 0.0862. The first-order valence-corrected chi connectivity index (χ1v) is 8.50. The maximum atomic E-state index is 15.3. The zero-order valence-electron chi connectivity index (χ0n) is 14.5. The Bertz CT molecular complexity index is 1030. The van der Waals surface area contributed by atoms with Crippen LogP contribution in [0.25, 0.3) is 5.52 Å². The highest BCUT2D eigenvalue weighted by Crippen LogP contribution is 2.41. The predicted molar refractivity (Wildman–Crippen MR) is 94.4 cm³/mol. The third-order valence-corrected chi connectivity index (χ3v) is 4.95. The molecule has 0 unspecified atom stereocenters. The van der Waals surface area contributed by atoms with E-state index >= 15 is 4.39 Å². The summed E-state index contributed by atoms with van der Waals surface area (Å²) in [6.07, 6.45) is 4.15. The number of carboxylic acids is 1. The number of aromatic nitrogens is 2. The number of benzene rings is 1. The first-order chi connectivity index (χ1) is 13.0. The number of nitrogens with zero attached hydrogens (tertiary/aromatic N) is 3. The summed E-state index contributed by atoms with van der Waals surface area (Å²) in [6, 6.07) is 5.56. The van der Waals surface area contributed by atoms with Gasteiger partial charge in [-0.05, 0) is 37.1 Å². The summed E-state index contributed by atoms with van der Waals surface area (Å²) in [5, 5.41) is 13.2. The lowest BCUT2D eigenvalue weighted by Crippen LogP contribution is -2.24. The van der Waals surface area contributed by atoms with Gasteiger partial charge in [0.05, 0.1) is 25.0 Å². The number of halogens is 2. The second-order valence-corrected chi connectivity index (χ2v) is 6.41. The molecule has 1 N–H and O–H groups in total. The van der Waals surface area contributed by atoms with E-state index in [4.69, 9.17) is 4.74 Å². The number of carboxylic acid groups (broad SMARTS) is 1. The van der Waals surface area contributed by atoms with Crippen LogP contribution in [0.15, 0.2) is 36.7 Å². The molecule has 0 radical (unpaired) electrons. The summed E-state index contributed by atoms with van der Waals surface area (Å²) in [6.45, 7) is 0.563. The lowest BCUT2D eigenvalue weighted by atomic mass is 10.0. The van der Waals surface area contributed by atoms with Crippen LogP contribution >= 0.6 is 0 Å². The molecule has 27 heavy (non-hydrogen) atoms. The highest BCUT2D eigenvalue weighted by Gasteiger charge is 2.32. The van der Waals surface area contributed by atoms with Crippen LogP contribution < -0.4 is 9.64 Å². The Morgan fingerprint density at radius 3 is 2.89 bits per heavy atom. The monoisotopic (exact) mass is 373 g/mol. The van der Waals surface area contributed by atoms with Crippen molar-refractivity contribution in [3.63, 3.8) is 0 Å². The molecular weight excluding hydrogens is 356 g/mol. The highest BCUT2D eigenvalue weighted by molar-refractivity contribution is 5.96. The number of hydrogen-bond acceptors (Lipinski definition) is 4. The summed E-state index contributed by atoms with van der Waals surface area (Å²) < 4.78 is 35.6. The molecule has 1 aliphatic rings. The quantitative estimate of drug-likeness (QED) is 0.756. The second kappa shape index (κ2) is 6.53. The molecule has 6 nitrogen and oxygen atoms in total. The van der Waals surface area contributed by atoms with Crippen molar-refractivity contribution in [1.29, 1.82) is 0 Å². The SMILES string of the molecule is COc1ccc(F)cc1[C@H]1CCCN1c1ccn2ncc(C(=O)O)c2c1F. The molecule has 0 aliphatic carbocycles. The summed E-state index contributed by atoms with van der Waals surface area (Å²) in [5.41, 5.74) is 0.617.